The predicted octanol–water partition coefficient (Wildman–Crippen LogP) is 1.51. The molecule has 2 fully saturated rings. The molecule has 324 valence electrons. The zero-order valence-electron chi connectivity index (χ0n) is 29.7. The fraction of sp³-hybridized carbons (Fsp3) is 0.333. The number of anilines is 2. The maximum Gasteiger partial charge on any atom is 0.527 e. The van der Waals surface area contributed by atoms with Crippen molar-refractivity contribution in [2.75, 3.05) is 24.7 Å². The zero-order chi connectivity index (χ0) is 44.0. The van der Waals surface area contributed by atoms with Crippen LogP contribution in [0, 0.1) is 0 Å². The van der Waals surface area contributed by atoms with Gasteiger partial charge in [-0.05, 0) is 48.5 Å². The summed E-state index contributed by atoms with van der Waals surface area (Å²) >= 11 is 21.7. The number of primary amides is 2. The monoisotopic (exact) mass is 950 g/mol. The molecule has 29 heteroatoms. The lowest BCUT2D eigenvalue weighted by atomic mass is 10.1. The van der Waals surface area contributed by atoms with Gasteiger partial charge in [0, 0.05) is 32.5 Å². The summed E-state index contributed by atoms with van der Waals surface area (Å²) in [6.07, 6.45) is -11.1. The van der Waals surface area contributed by atoms with Crippen LogP contribution in [0.1, 0.15) is 33.4 Å². The number of aliphatic hydroxyl groups excluding tert-OH is 5. The number of aromatic nitrogens is 4. The summed E-state index contributed by atoms with van der Waals surface area (Å²) in [5, 5.41) is 49.7. The van der Waals surface area contributed by atoms with E-state index in [9.17, 15) is 44.0 Å². The Kier molecular flexibility index (Phi) is 16.4. The van der Waals surface area contributed by atoms with Crippen LogP contribution in [0.2, 0.25) is 10.0 Å². The van der Waals surface area contributed by atoms with E-state index in [1.807, 2.05) is 0 Å². The van der Waals surface area contributed by atoms with E-state index in [4.69, 9.17) is 92.2 Å². The molecule has 23 nitrogen and oxygen atoms in total. The Balaban J connectivity index is 0.000000217. The van der Waals surface area contributed by atoms with E-state index in [1.165, 1.54) is 47.3 Å². The molecule has 0 aliphatic carbocycles. The fourth-order valence-electron chi connectivity index (χ4n) is 5.17. The molecule has 0 spiro atoms. The average Bonchev–Trinajstić information content (AvgIpc) is 3.89. The molecular weight excluding hydrogens is 916 g/mol. The smallest absolute Gasteiger partial charge is 0.422 e. The number of phosphoric acid groups is 1. The van der Waals surface area contributed by atoms with Crippen LogP contribution in [-0.2, 0) is 23.1 Å². The highest BCUT2D eigenvalue weighted by Gasteiger charge is 2.46. The Morgan fingerprint density at radius 3 is 1.46 bits per heavy atom. The summed E-state index contributed by atoms with van der Waals surface area (Å²) in [6.45, 7) is -1.04. The first kappa shape index (κ1) is 47.9. The molecule has 2 saturated heterocycles. The Morgan fingerprint density at radius 1 is 0.712 bits per heavy atom. The Labute approximate surface area is 352 Å². The first-order chi connectivity index (χ1) is 27.5. The molecule has 2 aliphatic rings. The van der Waals surface area contributed by atoms with Gasteiger partial charge in [-0.3, -0.25) is 28.1 Å². The van der Waals surface area contributed by atoms with E-state index in [-0.39, 0.29) is 28.8 Å². The van der Waals surface area contributed by atoms with Gasteiger partial charge < -0.3 is 67.0 Å². The van der Waals surface area contributed by atoms with Gasteiger partial charge >= 0.3 is 13.9 Å². The maximum atomic E-state index is 12.1. The van der Waals surface area contributed by atoms with Crippen molar-refractivity contribution in [1.29, 1.82) is 0 Å². The van der Waals surface area contributed by atoms with E-state index < -0.39 is 88.0 Å². The zero-order valence-corrected chi connectivity index (χ0v) is 34.5. The molecular formula is C30H36Cl4N8O15P2. The van der Waals surface area contributed by atoms with Crippen LogP contribution in [0.15, 0.2) is 61.2 Å². The van der Waals surface area contributed by atoms with Gasteiger partial charge in [-0.15, -0.1) is 0 Å². The standard InChI is InChI=1S/C15H18ClN4O8P.C9H14N4O5.C6H4Cl3O2P/c16-7-1-3-8(4-2-7)28-29(24,25)26-5-9-11(21)12(22)15(27-9)20-6-19-10(13(20)17)14(18)23;10-7-4(8(11)17)12-2-13(7)9-6(16)5(15)3(1-14)18-9;7-5-1-3-6(4-2-5)11-12(8,9)10/h1-4,6,9,11-12,15,21-22H,5,17H2,(H2,18,23)(H,24,25);2-3,5-6,9,14-16H,1,10H2,(H2,11,17);1-4H/t9-,11-,12-,15-;3-,5-,6-,9-;/m11./s1. The third-order valence-electron chi connectivity index (χ3n) is 8.00. The minimum Gasteiger partial charge on any atom is -0.422 e. The van der Waals surface area contributed by atoms with Crippen molar-refractivity contribution in [2.45, 2.75) is 49.1 Å². The molecule has 59 heavy (non-hydrogen) atoms. The first-order valence-electron chi connectivity index (χ1n) is 16.3. The normalized spacial score (nSPS) is 24.8. The van der Waals surface area contributed by atoms with Crippen molar-refractivity contribution >= 4 is 83.0 Å². The number of benzene rings is 2. The SMILES string of the molecule is NC(=O)c1ncn([C@@H]2O[C@H](CO)[C@@H](O)[C@H]2O)c1N.NC(=O)c1ncn([C@@H]2O[C@H](COP(=O)(O)Oc3ccc(Cl)cc3)[C@@H](O)[C@H]2O)c1N.O=P(Cl)(Cl)Oc1ccc(Cl)cc1. The molecule has 9 atom stereocenters. The molecule has 2 amide bonds. The summed E-state index contributed by atoms with van der Waals surface area (Å²) in [7, 11) is -4.56. The number of rotatable bonds is 12. The van der Waals surface area contributed by atoms with Crippen LogP contribution in [0.4, 0.5) is 11.6 Å². The lowest BCUT2D eigenvalue weighted by Gasteiger charge is -2.18. The molecule has 1 unspecified atom stereocenters. The number of halogens is 4. The highest BCUT2D eigenvalue weighted by atomic mass is 35.9. The Morgan fingerprint density at radius 2 is 1.10 bits per heavy atom. The number of nitrogens with zero attached hydrogens (tertiary/aromatic N) is 4. The quantitative estimate of drug-likeness (QED) is 0.0900. The molecule has 0 radical (unpaired) electrons. The second-order valence-electron chi connectivity index (χ2n) is 12.0. The highest BCUT2D eigenvalue weighted by Crippen LogP contribution is 2.57. The number of nitrogens with two attached hydrogens (primary N) is 4. The lowest BCUT2D eigenvalue weighted by Crippen LogP contribution is -2.33. The second-order valence-corrected chi connectivity index (χ2v) is 18.5. The van der Waals surface area contributed by atoms with Gasteiger partial charge in [-0.25, -0.2) is 19.1 Å². The van der Waals surface area contributed by atoms with Gasteiger partial charge in [-0.2, -0.15) is 0 Å². The van der Waals surface area contributed by atoms with Crippen LogP contribution in [0.5, 0.6) is 11.5 Å². The summed E-state index contributed by atoms with van der Waals surface area (Å²) < 4.78 is 50.3. The minimum absolute atomic E-state index is 0.0382. The summed E-state index contributed by atoms with van der Waals surface area (Å²) in [5.41, 5.74) is 21.2. The van der Waals surface area contributed by atoms with Crippen LogP contribution < -0.4 is 32.0 Å². The van der Waals surface area contributed by atoms with Gasteiger partial charge in [0.25, 0.3) is 11.8 Å². The predicted molar refractivity (Wildman–Crippen MR) is 208 cm³/mol. The van der Waals surface area contributed by atoms with Crippen molar-refractivity contribution in [1.82, 2.24) is 19.1 Å². The fourth-order valence-corrected chi connectivity index (χ4v) is 7.05. The van der Waals surface area contributed by atoms with Crippen LogP contribution >= 0.6 is 59.6 Å². The number of hydrogen-bond acceptors (Lipinski definition) is 18. The van der Waals surface area contributed by atoms with E-state index in [0.717, 1.165) is 10.9 Å². The number of phosphoric ester groups is 1. The Hall–Kier alpha value is -3.74. The largest absolute Gasteiger partial charge is 0.527 e. The molecule has 0 saturated carbocycles. The number of aliphatic hydroxyl groups is 5. The van der Waals surface area contributed by atoms with Crippen LogP contribution in [0.25, 0.3) is 0 Å². The Bertz CT molecular complexity index is 2160. The van der Waals surface area contributed by atoms with Crippen molar-refractivity contribution in [3.05, 3.63) is 82.6 Å². The minimum atomic E-state index is -4.56. The third kappa shape index (κ3) is 12.6. The summed E-state index contributed by atoms with van der Waals surface area (Å²) in [5.74, 6) is -1.57. The number of imidazole rings is 2. The summed E-state index contributed by atoms with van der Waals surface area (Å²) in [6, 6.07) is 11.9. The second kappa shape index (κ2) is 20.2. The average molecular weight is 952 g/mol. The maximum absolute atomic E-state index is 12.1. The van der Waals surface area contributed by atoms with E-state index in [1.54, 1.807) is 12.1 Å². The van der Waals surface area contributed by atoms with Crippen molar-refractivity contribution in [2.24, 2.45) is 11.5 Å². The van der Waals surface area contributed by atoms with E-state index in [2.05, 4.69) is 14.5 Å². The molecule has 2 aromatic carbocycles. The number of nitrogen functional groups attached to an aromatic ring is 2. The van der Waals surface area contributed by atoms with Gasteiger partial charge in [-0.1, -0.05) is 23.2 Å². The van der Waals surface area contributed by atoms with Crippen molar-refractivity contribution in [3.63, 3.8) is 0 Å². The van der Waals surface area contributed by atoms with E-state index >= 15 is 0 Å². The van der Waals surface area contributed by atoms with Crippen LogP contribution in [-0.4, -0.2) is 111 Å². The number of hydrogen-bond donors (Lipinski definition) is 10. The number of carbonyl (C=O) groups excluding carboxylic acids is 2. The topological polar surface area (TPSA) is 376 Å². The molecule has 4 heterocycles. The van der Waals surface area contributed by atoms with Gasteiger partial charge in [0.05, 0.1) is 25.9 Å². The first-order valence-corrected chi connectivity index (χ1v) is 22.0. The van der Waals surface area contributed by atoms with Gasteiger partial charge in [0.2, 0.25) is 0 Å². The molecule has 14 N–H and O–H groups in total. The number of carbonyl (C=O) groups is 2. The highest BCUT2D eigenvalue weighted by molar-refractivity contribution is 8.05. The van der Waals surface area contributed by atoms with Crippen molar-refractivity contribution in [3.8, 4) is 11.5 Å². The van der Waals surface area contributed by atoms with E-state index in [0.29, 0.717) is 15.8 Å². The summed E-state index contributed by atoms with van der Waals surface area (Å²) in [4.78, 5) is 39.5. The molecule has 2 aliphatic heterocycles. The molecule has 2 aromatic heterocycles. The van der Waals surface area contributed by atoms with Crippen LogP contribution in [0.3, 0.4) is 0 Å². The lowest BCUT2D eigenvalue weighted by molar-refractivity contribution is -0.0518. The molecule has 0 bridgehead atoms. The van der Waals surface area contributed by atoms with Gasteiger partial charge in [0.15, 0.2) is 23.8 Å². The molecule has 4 aromatic rings. The third-order valence-corrected chi connectivity index (χ3v) is 10.3. The number of ether oxygens (including phenoxy) is 2. The van der Waals surface area contributed by atoms with Gasteiger partial charge in [0.1, 0.15) is 59.8 Å². The van der Waals surface area contributed by atoms with Crippen molar-refractivity contribution < 1.29 is 72.2 Å². The number of amides is 2. The molecule has 6 rings (SSSR count).